The highest BCUT2D eigenvalue weighted by molar-refractivity contribution is 5.83. The van der Waals surface area contributed by atoms with Crippen molar-refractivity contribution in [1.82, 2.24) is 15.5 Å². The van der Waals surface area contributed by atoms with Crippen LogP contribution in [0.4, 0.5) is 0 Å². The summed E-state index contributed by atoms with van der Waals surface area (Å²) >= 11 is 0. The van der Waals surface area contributed by atoms with Crippen LogP contribution in [0.25, 0.3) is 0 Å². The van der Waals surface area contributed by atoms with Crippen molar-refractivity contribution >= 4 is 5.91 Å². The lowest BCUT2D eigenvalue weighted by Gasteiger charge is -2.29. The van der Waals surface area contributed by atoms with E-state index in [1.165, 1.54) is 0 Å². The van der Waals surface area contributed by atoms with Crippen LogP contribution in [0.2, 0.25) is 0 Å². The molecule has 2 atom stereocenters. The van der Waals surface area contributed by atoms with Gasteiger partial charge in [-0.15, -0.1) is 0 Å². The lowest BCUT2D eigenvalue weighted by Crippen LogP contribution is -2.48. The molecule has 100 valence electrons. The zero-order valence-electron chi connectivity index (χ0n) is 11.7. The summed E-state index contributed by atoms with van der Waals surface area (Å²) in [6, 6.07) is 0.215. The molecule has 0 spiro atoms. The Morgan fingerprint density at radius 1 is 1.53 bits per heavy atom. The molecule has 1 heterocycles. The first-order valence-electron chi connectivity index (χ1n) is 6.66. The molecular weight excluding hydrogens is 214 g/mol. The molecule has 1 rings (SSSR count). The quantitative estimate of drug-likeness (QED) is 0.724. The summed E-state index contributed by atoms with van der Waals surface area (Å²) in [7, 11) is 4.06. The molecule has 1 aliphatic rings. The molecule has 1 aliphatic heterocycles. The van der Waals surface area contributed by atoms with Gasteiger partial charge in [-0.3, -0.25) is 4.79 Å². The molecule has 1 fully saturated rings. The number of carbonyl (C=O) groups is 1. The van der Waals surface area contributed by atoms with Crippen molar-refractivity contribution in [3.05, 3.63) is 0 Å². The molecule has 1 saturated heterocycles. The van der Waals surface area contributed by atoms with Crippen molar-refractivity contribution in [3.63, 3.8) is 0 Å². The molecule has 0 bridgehead atoms. The normalized spacial score (nSPS) is 26.2. The highest BCUT2D eigenvalue weighted by Gasteiger charge is 2.40. The van der Waals surface area contributed by atoms with Crippen LogP contribution < -0.4 is 10.6 Å². The molecule has 17 heavy (non-hydrogen) atoms. The molecule has 4 nitrogen and oxygen atoms in total. The topological polar surface area (TPSA) is 44.4 Å². The van der Waals surface area contributed by atoms with E-state index in [2.05, 4.69) is 29.4 Å². The molecule has 2 N–H and O–H groups in total. The van der Waals surface area contributed by atoms with Gasteiger partial charge in [-0.2, -0.15) is 0 Å². The predicted octanol–water partition coefficient (Wildman–Crippen LogP) is 0.833. The molecule has 0 radical (unpaired) electrons. The van der Waals surface area contributed by atoms with Gasteiger partial charge in [0.25, 0.3) is 0 Å². The summed E-state index contributed by atoms with van der Waals surface area (Å²) < 4.78 is 0. The Morgan fingerprint density at radius 2 is 2.24 bits per heavy atom. The smallest absolute Gasteiger partial charge is 0.227 e. The lowest BCUT2D eigenvalue weighted by atomic mass is 9.81. The summed E-state index contributed by atoms with van der Waals surface area (Å²) in [5.41, 5.74) is -0.157. The zero-order chi connectivity index (χ0) is 12.9. The monoisotopic (exact) mass is 241 g/mol. The SMILES string of the molecule is CCCC1(C(=O)NC(C)CN(C)C)CCNC1. The van der Waals surface area contributed by atoms with Crippen LogP contribution in [-0.2, 0) is 4.79 Å². The van der Waals surface area contributed by atoms with Crippen LogP contribution in [-0.4, -0.2) is 50.6 Å². The van der Waals surface area contributed by atoms with Crippen LogP contribution in [0, 0.1) is 5.41 Å². The minimum atomic E-state index is -0.157. The van der Waals surface area contributed by atoms with E-state index < -0.39 is 0 Å². The highest BCUT2D eigenvalue weighted by atomic mass is 16.2. The van der Waals surface area contributed by atoms with Crippen molar-refractivity contribution in [3.8, 4) is 0 Å². The second kappa shape index (κ2) is 6.36. The minimum absolute atomic E-state index is 0.157. The van der Waals surface area contributed by atoms with E-state index in [1.54, 1.807) is 0 Å². The van der Waals surface area contributed by atoms with E-state index >= 15 is 0 Å². The van der Waals surface area contributed by atoms with Crippen molar-refractivity contribution in [2.45, 2.75) is 39.2 Å². The number of hydrogen-bond acceptors (Lipinski definition) is 3. The van der Waals surface area contributed by atoms with Gasteiger partial charge in [-0.25, -0.2) is 0 Å². The van der Waals surface area contributed by atoms with Gasteiger partial charge in [0.15, 0.2) is 0 Å². The van der Waals surface area contributed by atoms with Crippen molar-refractivity contribution in [2.75, 3.05) is 33.7 Å². The van der Waals surface area contributed by atoms with Gasteiger partial charge in [-0.05, 0) is 40.4 Å². The molecule has 0 saturated carbocycles. The largest absolute Gasteiger partial charge is 0.352 e. The van der Waals surface area contributed by atoms with Crippen molar-refractivity contribution < 1.29 is 4.79 Å². The third kappa shape index (κ3) is 3.96. The predicted molar refractivity (Wildman–Crippen MR) is 71.0 cm³/mol. The summed E-state index contributed by atoms with van der Waals surface area (Å²) in [5, 5.41) is 6.48. The Hall–Kier alpha value is -0.610. The molecule has 0 aromatic heterocycles. The van der Waals surface area contributed by atoms with Gasteiger partial charge in [0.1, 0.15) is 0 Å². The average Bonchev–Trinajstić information content (AvgIpc) is 2.66. The van der Waals surface area contributed by atoms with Gasteiger partial charge >= 0.3 is 0 Å². The fraction of sp³-hybridized carbons (Fsp3) is 0.923. The third-order valence-electron chi connectivity index (χ3n) is 3.47. The van der Waals surface area contributed by atoms with Gasteiger partial charge < -0.3 is 15.5 Å². The van der Waals surface area contributed by atoms with E-state index in [9.17, 15) is 4.79 Å². The summed E-state index contributed by atoms with van der Waals surface area (Å²) in [6.45, 7) is 6.91. The Morgan fingerprint density at radius 3 is 2.71 bits per heavy atom. The van der Waals surface area contributed by atoms with Gasteiger partial charge in [0, 0.05) is 19.1 Å². The lowest BCUT2D eigenvalue weighted by molar-refractivity contribution is -0.131. The number of nitrogens with zero attached hydrogens (tertiary/aromatic N) is 1. The van der Waals surface area contributed by atoms with E-state index in [4.69, 9.17) is 0 Å². The van der Waals surface area contributed by atoms with Gasteiger partial charge in [0.2, 0.25) is 5.91 Å². The van der Waals surface area contributed by atoms with Crippen LogP contribution in [0.5, 0.6) is 0 Å². The van der Waals surface area contributed by atoms with Crippen LogP contribution in [0.1, 0.15) is 33.1 Å². The molecule has 0 aromatic carbocycles. The second-order valence-corrected chi connectivity index (χ2v) is 5.59. The number of amides is 1. The standard InChI is InChI=1S/C13H27N3O/c1-5-6-13(7-8-14-10-13)12(17)15-11(2)9-16(3)4/h11,14H,5-10H2,1-4H3,(H,15,17). The van der Waals surface area contributed by atoms with Crippen LogP contribution >= 0.6 is 0 Å². The van der Waals surface area contributed by atoms with E-state index in [0.29, 0.717) is 0 Å². The molecule has 1 amide bonds. The van der Waals surface area contributed by atoms with Crippen LogP contribution in [0.15, 0.2) is 0 Å². The third-order valence-corrected chi connectivity index (χ3v) is 3.47. The van der Waals surface area contributed by atoms with E-state index in [1.807, 2.05) is 14.1 Å². The number of rotatable bonds is 6. The Kier molecular flexibility index (Phi) is 5.40. The summed E-state index contributed by atoms with van der Waals surface area (Å²) in [6.07, 6.45) is 3.03. The molecular formula is C13H27N3O. The minimum Gasteiger partial charge on any atom is -0.352 e. The van der Waals surface area contributed by atoms with E-state index in [-0.39, 0.29) is 17.4 Å². The maximum atomic E-state index is 12.4. The van der Waals surface area contributed by atoms with Crippen LogP contribution in [0.3, 0.4) is 0 Å². The maximum Gasteiger partial charge on any atom is 0.227 e. The first-order chi connectivity index (χ1) is 8.00. The summed E-state index contributed by atoms with van der Waals surface area (Å²) in [4.78, 5) is 14.5. The number of carbonyl (C=O) groups excluding carboxylic acids is 1. The molecule has 0 aromatic rings. The van der Waals surface area contributed by atoms with E-state index in [0.717, 1.165) is 38.9 Å². The average molecular weight is 241 g/mol. The zero-order valence-corrected chi connectivity index (χ0v) is 11.7. The Bertz CT molecular complexity index is 247. The van der Waals surface area contributed by atoms with Crippen molar-refractivity contribution in [1.29, 1.82) is 0 Å². The number of likely N-dealkylation sites (N-methyl/N-ethyl adjacent to an activating group) is 1. The molecule has 4 heteroatoms. The molecule has 0 aliphatic carbocycles. The van der Waals surface area contributed by atoms with Gasteiger partial charge in [-0.1, -0.05) is 13.3 Å². The fourth-order valence-electron chi connectivity index (χ4n) is 2.71. The number of nitrogens with one attached hydrogen (secondary N) is 2. The van der Waals surface area contributed by atoms with Crippen molar-refractivity contribution in [2.24, 2.45) is 5.41 Å². The first-order valence-corrected chi connectivity index (χ1v) is 6.66. The maximum absolute atomic E-state index is 12.4. The summed E-state index contributed by atoms with van der Waals surface area (Å²) in [5.74, 6) is 0.235. The second-order valence-electron chi connectivity index (χ2n) is 5.59. The Labute approximate surface area is 105 Å². The first kappa shape index (κ1) is 14.5. The Balaban J connectivity index is 2.54. The fourth-order valence-corrected chi connectivity index (χ4v) is 2.71. The number of hydrogen-bond donors (Lipinski definition) is 2. The highest BCUT2D eigenvalue weighted by Crippen LogP contribution is 2.31. The van der Waals surface area contributed by atoms with Gasteiger partial charge in [0.05, 0.1) is 5.41 Å². The molecule has 2 unspecified atom stereocenters.